The highest BCUT2D eigenvalue weighted by atomic mass is 32.1. The van der Waals surface area contributed by atoms with Gasteiger partial charge in [0.1, 0.15) is 5.75 Å². The minimum Gasteiger partial charge on any atom is -0.506 e. The number of phenols is 1. The SMILES string of the molecule is O=C(CCn1sc2ccccc2c1=O)Nc1ccccc1O. The first kappa shape index (κ1) is 14.3. The fourth-order valence-electron chi connectivity index (χ4n) is 2.16. The predicted octanol–water partition coefficient (Wildman–Crippen LogP) is 2.80. The second kappa shape index (κ2) is 6.03. The second-order valence-corrected chi connectivity index (χ2v) is 5.87. The molecule has 0 unspecified atom stereocenters. The molecule has 3 rings (SSSR count). The third kappa shape index (κ3) is 2.87. The summed E-state index contributed by atoms with van der Waals surface area (Å²) in [5.74, 6) is -0.222. The van der Waals surface area contributed by atoms with Gasteiger partial charge in [0.15, 0.2) is 0 Å². The highest BCUT2D eigenvalue weighted by Crippen LogP contribution is 2.21. The molecule has 0 aliphatic rings. The van der Waals surface area contributed by atoms with Crippen LogP contribution in [0, 0.1) is 0 Å². The van der Waals surface area contributed by atoms with Crippen LogP contribution in [0.3, 0.4) is 0 Å². The Morgan fingerprint density at radius 2 is 1.86 bits per heavy atom. The van der Waals surface area contributed by atoms with Crippen LogP contribution in [0.15, 0.2) is 53.3 Å². The average Bonchev–Trinajstić information content (AvgIpc) is 2.84. The summed E-state index contributed by atoms with van der Waals surface area (Å²) in [4.78, 5) is 24.1. The van der Waals surface area contributed by atoms with Crippen LogP contribution < -0.4 is 10.9 Å². The topological polar surface area (TPSA) is 71.3 Å². The standard InChI is InChI=1S/C16H14N2O3S/c19-13-7-3-2-6-12(13)17-15(20)9-10-18-16(21)11-5-1-4-8-14(11)22-18/h1-8,19H,9-10H2,(H,17,20). The number of aryl methyl sites for hydroxylation is 1. The molecule has 0 saturated carbocycles. The van der Waals surface area contributed by atoms with Crippen molar-refractivity contribution in [2.24, 2.45) is 0 Å². The van der Waals surface area contributed by atoms with Gasteiger partial charge in [-0.2, -0.15) is 0 Å². The Balaban J connectivity index is 1.69. The Morgan fingerprint density at radius 3 is 2.64 bits per heavy atom. The first-order valence-corrected chi connectivity index (χ1v) is 7.59. The number of fused-ring (bicyclic) bond motifs is 1. The molecule has 22 heavy (non-hydrogen) atoms. The third-order valence-electron chi connectivity index (χ3n) is 3.27. The smallest absolute Gasteiger partial charge is 0.268 e. The van der Waals surface area contributed by atoms with E-state index in [1.807, 2.05) is 18.2 Å². The largest absolute Gasteiger partial charge is 0.506 e. The van der Waals surface area contributed by atoms with Crippen LogP contribution in [0.5, 0.6) is 5.75 Å². The zero-order chi connectivity index (χ0) is 15.5. The van der Waals surface area contributed by atoms with Gasteiger partial charge in [0.25, 0.3) is 5.56 Å². The number of hydrogen-bond acceptors (Lipinski definition) is 4. The lowest BCUT2D eigenvalue weighted by molar-refractivity contribution is -0.116. The maximum Gasteiger partial charge on any atom is 0.268 e. The van der Waals surface area contributed by atoms with E-state index in [1.54, 1.807) is 28.2 Å². The lowest BCUT2D eigenvalue weighted by Gasteiger charge is -2.06. The number of nitrogens with zero attached hydrogens (tertiary/aromatic N) is 1. The number of amides is 1. The van der Waals surface area contributed by atoms with Crippen molar-refractivity contribution in [1.29, 1.82) is 0 Å². The van der Waals surface area contributed by atoms with E-state index in [1.165, 1.54) is 17.6 Å². The normalized spacial score (nSPS) is 10.7. The Morgan fingerprint density at radius 1 is 1.14 bits per heavy atom. The van der Waals surface area contributed by atoms with Crippen molar-refractivity contribution in [2.75, 3.05) is 5.32 Å². The number of aromatic hydroxyl groups is 1. The molecule has 1 amide bonds. The van der Waals surface area contributed by atoms with Crippen LogP contribution in [-0.2, 0) is 11.3 Å². The van der Waals surface area contributed by atoms with Gasteiger partial charge in [0.2, 0.25) is 5.91 Å². The molecule has 3 aromatic rings. The van der Waals surface area contributed by atoms with Crippen LogP contribution in [0.25, 0.3) is 10.1 Å². The molecule has 1 heterocycles. The summed E-state index contributed by atoms with van der Waals surface area (Å²) in [5, 5.41) is 12.9. The first-order valence-electron chi connectivity index (χ1n) is 6.82. The van der Waals surface area contributed by atoms with Crippen molar-refractivity contribution in [3.05, 3.63) is 58.9 Å². The minimum atomic E-state index is -0.245. The van der Waals surface area contributed by atoms with Crippen molar-refractivity contribution in [3.8, 4) is 5.75 Å². The summed E-state index contributed by atoms with van der Waals surface area (Å²) in [6.07, 6.45) is 0.168. The monoisotopic (exact) mass is 314 g/mol. The number of aromatic nitrogens is 1. The van der Waals surface area contributed by atoms with E-state index >= 15 is 0 Å². The van der Waals surface area contributed by atoms with Crippen molar-refractivity contribution < 1.29 is 9.90 Å². The third-order valence-corrected chi connectivity index (χ3v) is 4.39. The van der Waals surface area contributed by atoms with Gasteiger partial charge in [-0.1, -0.05) is 35.8 Å². The van der Waals surface area contributed by atoms with Crippen LogP contribution in [0.4, 0.5) is 5.69 Å². The lowest BCUT2D eigenvalue weighted by Crippen LogP contribution is -2.18. The quantitative estimate of drug-likeness (QED) is 0.727. The summed E-state index contributed by atoms with van der Waals surface area (Å²) < 4.78 is 2.49. The number of nitrogens with one attached hydrogen (secondary N) is 1. The molecule has 0 bridgehead atoms. The molecule has 0 aliphatic carbocycles. The van der Waals surface area contributed by atoms with Gasteiger partial charge in [0.05, 0.1) is 15.8 Å². The summed E-state index contributed by atoms with van der Waals surface area (Å²) in [6.45, 7) is 0.317. The highest BCUT2D eigenvalue weighted by Gasteiger charge is 2.10. The molecule has 2 N–H and O–H groups in total. The second-order valence-electron chi connectivity index (χ2n) is 4.81. The highest BCUT2D eigenvalue weighted by molar-refractivity contribution is 7.13. The maximum absolute atomic E-state index is 12.2. The fraction of sp³-hybridized carbons (Fsp3) is 0.125. The van der Waals surface area contributed by atoms with E-state index < -0.39 is 0 Å². The van der Waals surface area contributed by atoms with Gasteiger partial charge in [-0.3, -0.25) is 13.5 Å². The molecule has 6 heteroatoms. The van der Waals surface area contributed by atoms with Gasteiger partial charge in [0, 0.05) is 13.0 Å². The van der Waals surface area contributed by atoms with E-state index in [-0.39, 0.29) is 23.6 Å². The fourth-order valence-corrected chi connectivity index (χ4v) is 3.15. The van der Waals surface area contributed by atoms with Gasteiger partial charge in [-0.05, 0) is 24.3 Å². The van der Waals surface area contributed by atoms with Crippen LogP contribution in [0.2, 0.25) is 0 Å². The summed E-state index contributed by atoms with van der Waals surface area (Å²) in [5.41, 5.74) is 0.298. The number of carbonyl (C=O) groups excluding carboxylic acids is 1. The molecule has 0 saturated heterocycles. The Labute approximate surface area is 130 Å². The summed E-state index contributed by atoms with van der Waals surface area (Å²) >= 11 is 1.35. The van der Waals surface area contributed by atoms with E-state index in [0.717, 1.165) is 4.70 Å². The van der Waals surface area contributed by atoms with Crippen molar-refractivity contribution in [1.82, 2.24) is 3.96 Å². The van der Waals surface area contributed by atoms with Crippen LogP contribution in [-0.4, -0.2) is 15.0 Å². The Hall–Kier alpha value is -2.60. The van der Waals surface area contributed by atoms with Crippen molar-refractivity contribution in [2.45, 2.75) is 13.0 Å². The van der Waals surface area contributed by atoms with Crippen LogP contribution >= 0.6 is 11.5 Å². The molecule has 0 aliphatic heterocycles. The maximum atomic E-state index is 12.2. The number of carbonyl (C=O) groups is 1. The van der Waals surface area contributed by atoms with Gasteiger partial charge >= 0.3 is 0 Å². The molecular formula is C16H14N2O3S. The van der Waals surface area contributed by atoms with Crippen molar-refractivity contribution >= 4 is 33.2 Å². The average molecular weight is 314 g/mol. The molecule has 0 atom stereocenters. The number of hydrogen-bond donors (Lipinski definition) is 2. The lowest BCUT2D eigenvalue weighted by atomic mass is 10.3. The van der Waals surface area contributed by atoms with E-state index in [4.69, 9.17) is 0 Å². The van der Waals surface area contributed by atoms with Crippen molar-refractivity contribution in [3.63, 3.8) is 0 Å². The minimum absolute atomic E-state index is 0.0230. The molecule has 112 valence electrons. The number of anilines is 1. The Kier molecular flexibility index (Phi) is 3.93. The number of rotatable bonds is 4. The molecule has 0 fully saturated rings. The molecule has 0 spiro atoms. The zero-order valence-electron chi connectivity index (χ0n) is 11.7. The molecular weight excluding hydrogens is 300 g/mol. The Bertz CT molecular complexity index is 882. The van der Waals surface area contributed by atoms with Crippen LogP contribution in [0.1, 0.15) is 6.42 Å². The van der Waals surface area contributed by atoms with E-state index in [2.05, 4.69) is 5.32 Å². The van der Waals surface area contributed by atoms with E-state index in [0.29, 0.717) is 17.6 Å². The zero-order valence-corrected chi connectivity index (χ0v) is 12.5. The number of phenolic OH excluding ortho intramolecular Hbond substituents is 1. The summed E-state index contributed by atoms with van der Waals surface area (Å²) in [6, 6.07) is 13.9. The summed E-state index contributed by atoms with van der Waals surface area (Å²) in [7, 11) is 0. The van der Waals surface area contributed by atoms with Gasteiger partial charge in [-0.25, -0.2) is 0 Å². The van der Waals surface area contributed by atoms with E-state index in [9.17, 15) is 14.7 Å². The number of benzene rings is 2. The van der Waals surface area contributed by atoms with Gasteiger partial charge in [-0.15, -0.1) is 0 Å². The van der Waals surface area contributed by atoms with Gasteiger partial charge < -0.3 is 10.4 Å². The molecule has 1 aromatic heterocycles. The molecule has 5 nitrogen and oxygen atoms in total. The number of para-hydroxylation sites is 2. The predicted molar refractivity (Wildman–Crippen MR) is 87.4 cm³/mol. The molecule has 2 aromatic carbocycles. The first-order chi connectivity index (χ1) is 10.6. The molecule has 0 radical (unpaired) electrons.